The van der Waals surface area contributed by atoms with Gasteiger partial charge in [0.15, 0.2) is 0 Å². The minimum Gasteiger partial charge on any atom is -0.475 e. The first-order valence-electron chi connectivity index (χ1n) is 6.76. The quantitative estimate of drug-likeness (QED) is 0.821. The van der Waals surface area contributed by atoms with Crippen molar-refractivity contribution < 1.29 is 18.5 Å². The summed E-state index contributed by atoms with van der Waals surface area (Å²) in [7, 11) is -0.813. The molecule has 1 heterocycles. The number of carboxylic acids is 1. The normalized spacial score (nSPS) is 14.2. The molecule has 0 fully saturated rings. The van der Waals surface area contributed by atoms with Gasteiger partial charge in [0.25, 0.3) is 0 Å². The highest BCUT2D eigenvalue weighted by atomic mass is 32.2. The lowest BCUT2D eigenvalue weighted by Gasteiger charge is -2.12. The van der Waals surface area contributed by atoms with Crippen LogP contribution in [-0.2, 0) is 17.3 Å². The molecule has 2 N–H and O–H groups in total. The van der Waals surface area contributed by atoms with Crippen LogP contribution in [0.4, 0.5) is 0 Å². The maximum Gasteiger partial charge on any atom is 0.372 e. The molecule has 0 aliphatic rings. The van der Waals surface area contributed by atoms with Crippen LogP contribution in [0.3, 0.4) is 0 Å². The van der Waals surface area contributed by atoms with Crippen LogP contribution < -0.4 is 5.32 Å². The van der Waals surface area contributed by atoms with Gasteiger partial charge in [-0.25, -0.2) is 4.79 Å². The number of hydrogen-bond acceptors (Lipinski definition) is 4. The van der Waals surface area contributed by atoms with E-state index in [1.807, 2.05) is 25.1 Å². The molecule has 0 aliphatic carbocycles. The Labute approximate surface area is 125 Å². The Hall–Kier alpha value is -1.66. The second-order valence-corrected chi connectivity index (χ2v) is 6.61. The molecular weight excluding hydrogens is 290 g/mol. The average Bonchev–Trinajstić information content (AvgIpc) is 2.82. The second kappa shape index (κ2) is 6.87. The van der Waals surface area contributed by atoms with E-state index in [2.05, 4.69) is 5.32 Å². The highest BCUT2D eigenvalue weighted by Gasteiger charge is 2.19. The Morgan fingerprint density at radius 2 is 2.14 bits per heavy atom. The molecule has 2 unspecified atom stereocenters. The van der Waals surface area contributed by atoms with Gasteiger partial charge in [-0.3, -0.25) is 4.21 Å². The van der Waals surface area contributed by atoms with Crippen LogP contribution in [0.2, 0.25) is 0 Å². The number of hydrogen-bond donors (Lipinski definition) is 2. The highest BCUT2D eigenvalue weighted by Crippen LogP contribution is 2.25. The Balaban J connectivity index is 2.15. The number of aromatic carboxylic acids is 1. The summed E-state index contributed by atoms with van der Waals surface area (Å²) in [5.74, 6) is -0.452. The van der Waals surface area contributed by atoms with Crippen molar-refractivity contribution in [3.05, 3.63) is 35.6 Å². The zero-order valence-electron chi connectivity index (χ0n) is 12.1. The van der Waals surface area contributed by atoms with E-state index in [1.54, 1.807) is 12.3 Å². The zero-order valence-corrected chi connectivity index (χ0v) is 12.9. The first-order chi connectivity index (χ1) is 9.99. The number of nitrogens with one attached hydrogen (secondary N) is 1. The van der Waals surface area contributed by atoms with E-state index in [1.165, 1.54) is 0 Å². The van der Waals surface area contributed by atoms with Crippen LogP contribution in [0.1, 0.15) is 29.5 Å². The monoisotopic (exact) mass is 309 g/mol. The van der Waals surface area contributed by atoms with E-state index < -0.39 is 16.8 Å². The first kappa shape index (κ1) is 15.7. The van der Waals surface area contributed by atoms with Gasteiger partial charge >= 0.3 is 5.97 Å². The molecule has 1 aromatic heterocycles. The maximum atomic E-state index is 11.3. The van der Waals surface area contributed by atoms with Gasteiger partial charge in [0.1, 0.15) is 5.58 Å². The Kier molecular flexibility index (Phi) is 5.14. The van der Waals surface area contributed by atoms with Gasteiger partial charge < -0.3 is 14.8 Å². The van der Waals surface area contributed by atoms with E-state index in [0.717, 1.165) is 11.8 Å². The van der Waals surface area contributed by atoms with Gasteiger partial charge in [0.05, 0.1) is 0 Å². The van der Waals surface area contributed by atoms with Crippen molar-refractivity contribution in [1.82, 2.24) is 5.32 Å². The maximum absolute atomic E-state index is 11.3. The fourth-order valence-corrected chi connectivity index (χ4v) is 2.85. The van der Waals surface area contributed by atoms with Crippen molar-refractivity contribution in [1.29, 1.82) is 0 Å². The van der Waals surface area contributed by atoms with Gasteiger partial charge in [-0.05, 0) is 19.4 Å². The van der Waals surface area contributed by atoms with E-state index >= 15 is 0 Å². The third kappa shape index (κ3) is 3.92. The smallest absolute Gasteiger partial charge is 0.372 e. The predicted octanol–water partition coefficient (Wildman–Crippen LogP) is 2.38. The molecule has 21 heavy (non-hydrogen) atoms. The van der Waals surface area contributed by atoms with Gasteiger partial charge in [-0.1, -0.05) is 18.2 Å². The van der Waals surface area contributed by atoms with Crippen LogP contribution in [0, 0.1) is 0 Å². The van der Waals surface area contributed by atoms with Crippen molar-refractivity contribution in [2.24, 2.45) is 0 Å². The molecule has 0 aliphatic heterocycles. The van der Waals surface area contributed by atoms with Crippen LogP contribution in [-0.4, -0.2) is 33.3 Å². The molecule has 2 atom stereocenters. The molecule has 1 aromatic carbocycles. The topological polar surface area (TPSA) is 79.5 Å². The van der Waals surface area contributed by atoms with Crippen molar-refractivity contribution in [3.63, 3.8) is 0 Å². The molecule has 0 amide bonds. The van der Waals surface area contributed by atoms with Gasteiger partial charge in [-0.15, -0.1) is 0 Å². The lowest BCUT2D eigenvalue weighted by atomic mass is 10.1. The number of fused-ring (bicyclic) bond motifs is 1. The molecule has 6 heteroatoms. The number of rotatable bonds is 7. The second-order valence-electron chi connectivity index (χ2n) is 5.06. The highest BCUT2D eigenvalue weighted by molar-refractivity contribution is 7.84. The SMILES string of the molecule is CC(CCS(C)=O)NCc1c(C(=O)O)oc2ccccc12. The van der Waals surface area contributed by atoms with E-state index in [9.17, 15) is 14.1 Å². The standard InChI is InChI=1S/C15H19NO4S/c1-10(7-8-21(2)19)16-9-12-11-5-3-4-6-13(11)20-14(12)15(17)18/h3-6,10,16H,7-9H2,1-2H3,(H,17,18). The van der Waals surface area contributed by atoms with Gasteiger partial charge in [0.2, 0.25) is 5.76 Å². The Morgan fingerprint density at radius 3 is 2.81 bits per heavy atom. The summed E-state index contributed by atoms with van der Waals surface area (Å²) >= 11 is 0. The van der Waals surface area contributed by atoms with Crippen molar-refractivity contribution in [2.75, 3.05) is 12.0 Å². The summed E-state index contributed by atoms with van der Waals surface area (Å²) in [4.78, 5) is 11.3. The average molecular weight is 309 g/mol. The molecule has 0 saturated carbocycles. The third-order valence-corrected chi connectivity index (χ3v) is 4.17. The molecule has 2 rings (SSSR count). The number of benzene rings is 1. The number of carboxylic acid groups (broad SMARTS) is 1. The molecule has 0 saturated heterocycles. The lowest BCUT2D eigenvalue weighted by molar-refractivity contribution is 0.0663. The molecule has 2 aromatic rings. The zero-order chi connectivity index (χ0) is 15.4. The molecule has 114 valence electrons. The van der Waals surface area contributed by atoms with Crippen molar-refractivity contribution >= 4 is 27.7 Å². The molecule has 0 radical (unpaired) electrons. The Bertz CT molecular complexity index is 665. The number of carbonyl (C=O) groups is 1. The largest absolute Gasteiger partial charge is 0.475 e. The van der Waals surface area contributed by atoms with Gasteiger partial charge in [0, 0.05) is 46.3 Å². The fourth-order valence-electron chi connectivity index (χ4n) is 2.17. The summed E-state index contributed by atoms with van der Waals surface area (Å²) in [6.45, 7) is 2.41. The molecule has 0 bridgehead atoms. The summed E-state index contributed by atoms with van der Waals surface area (Å²) in [5, 5.41) is 13.3. The summed E-state index contributed by atoms with van der Waals surface area (Å²) in [6.07, 6.45) is 2.46. The summed E-state index contributed by atoms with van der Waals surface area (Å²) in [6, 6.07) is 7.44. The van der Waals surface area contributed by atoms with Crippen molar-refractivity contribution in [2.45, 2.75) is 25.9 Å². The third-order valence-electron chi connectivity index (χ3n) is 3.36. The van der Waals surface area contributed by atoms with Crippen LogP contribution >= 0.6 is 0 Å². The van der Waals surface area contributed by atoms with E-state index in [0.29, 0.717) is 23.4 Å². The van der Waals surface area contributed by atoms with E-state index in [4.69, 9.17) is 4.42 Å². The Morgan fingerprint density at radius 1 is 1.43 bits per heavy atom. The number of furan rings is 1. The first-order valence-corrected chi connectivity index (χ1v) is 8.49. The summed E-state index contributed by atoms with van der Waals surface area (Å²) in [5.41, 5.74) is 1.23. The number of para-hydroxylation sites is 1. The summed E-state index contributed by atoms with van der Waals surface area (Å²) < 4.78 is 16.5. The minimum atomic E-state index is -1.06. The molecular formula is C15H19NO4S. The fraction of sp³-hybridized carbons (Fsp3) is 0.400. The van der Waals surface area contributed by atoms with E-state index in [-0.39, 0.29) is 11.8 Å². The van der Waals surface area contributed by atoms with Crippen molar-refractivity contribution in [3.8, 4) is 0 Å². The van der Waals surface area contributed by atoms with Crippen LogP contribution in [0.5, 0.6) is 0 Å². The van der Waals surface area contributed by atoms with Gasteiger partial charge in [-0.2, -0.15) is 0 Å². The van der Waals surface area contributed by atoms with Crippen LogP contribution in [0.15, 0.2) is 28.7 Å². The molecule has 0 spiro atoms. The lowest BCUT2D eigenvalue weighted by Crippen LogP contribution is -2.27. The predicted molar refractivity (Wildman–Crippen MR) is 83.0 cm³/mol. The molecule has 5 nitrogen and oxygen atoms in total. The van der Waals surface area contributed by atoms with Crippen LogP contribution in [0.25, 0.3) is 11.0 Å². The minimum absolute atomic E-state index is 0.0185.